The Morgan fingerprint density at radius 1 is 0.821 bits per heavy atom. The third-order valence-electron chi connectivity index (χ3n) is 4.44. The number of hydrogen-bond acceptors (Lipinski definition) is 2. The molecular formula is C22H25F2NO3. The van der Waals surface area contributed by atoms with Gasteiger partial charge in [0.1, 0.15) is 17.2 Å². The van der Waals surface area contributed by atoms with E-state index >= 15 is 0 Å². The van der Waals surface area contributed by atoms with Crippen molar-refractivity contribution in [1.82, 2.24) is 0 Å². The van der Waals surface area contributed by atoms with Gasteiger partial charge in [-0.15, -0.1) is 0 Å². The minimum Gasteiger partial charge on any atom is -0.477 e. The molecule has 4 nitrogen and oxygen atoms in total. The molecule has 0 saturated heterocycles. The zero-order valence-corrected chi connectivity index (χ0v) is 16.9. The molecule has 0 aliphatic rings. The van der Waals surface area contributed by atoms with Crippen molar-refractivity contribution in [3.8, 4) is 0 Å². The number of nitrogens with one attached hydrogen (secondary N) is 1. The molecule has 0 fully saturated rings. The first-order valence-electron chi connectivity index (χ1n) is 8.90. The molecule has 2 aromatic carbocycles. The average molecular weight is 389 g/mol. The Bertz CT molecular complexity index is 883. The van der Waals surface area contributed by atoms with Gasteiger partial charge in [-0.1, -0.05) is 47.6 Å². The summed E-state index contributed by atoms with van der Waals surface area (Å²) in [5.74, 6) is -5.04. The molecule has 0 heterocycles. The smallest absolute Gasteiger partial charge is 0.341 e. The lowest BCUT2D eigenvalue weighted by Gasteiger charge is -2.26. The van der Waals surface area contributed by atoms with Gasteiger partial charge in [0.2, 0.25) is 0 Å². The van der Waals surface area contributed by atoms with Gasteiger partial charge in [0, 0.05) is 11.3 Å². The van der Waals surface area contributed by atoms with E-state index in [1.54, 1.807) is 0 Å². The average Bonchev–Trinajstić information content (AvgIpc) is 2.51. The molecule has 2 rings (SSSR count). The molecule has 0 aliphatic heterocycles. The molecule has 0 unspecified atom stereocenters. The number of anilines is 1. The number of halogens is 2. The second kappa shape index (κ2) is 7.34. The van der Waals surface area contributed by atoms with Gasteiger partial charge in [-0.3, -0.25) is 4.79 Å². The van der Waals surface area contributed by atoms with Crippen molar-refractivity contribution in [2.24, 2.45) is 0 Å². The molecule has 0 aromatic heterocycles. The number of carboxylic acids is 1. The van der Waals surface area contributed by atoms with Gasteiger partial charge < -0.3 is 10.4 Å². The molecule has 6 heteroatoms. The molecule has 2 N–H and O–H groups in total. The van der Waals surface area contributed by atoms with E-state index in [0.29, 0.717) is 5.69 Å². The van der Waals surface area contributed by atoms with E-state index in [2.05, 4.69) is 52.9 Å². The van der Waals surface area contributed by atoms with Gasteiger partial charge in [-0.25, -0.2) is 13.6 Å². The van der Waals surface area contributed by atoms with Crippen LogP contribution in [-0.2, 0) is 10.8 Å². The lowest BCUT2D eigenvalue weighted by atomic mass is 9.80. The topological polar surface area (TPSA) is 66.4 Å². The minimum absolute atomic E-state index is 0.165. The standard InChI is InChI=1S/C22H25F2NO3/c1-21(2,3)13-9-14(22(4,5)6)11-15(10-13)25-19(26)12-7-16(23)18(20(27)28)17(24)8-12/h7-11H,1-6H3,(H,25,26)(H,27,28). The summed E-state index contributed by atoms with van der Waals surface area (Å²) >= 11 is 0. The first-order chi connectivity index (χ1) is 12.7. The number of benzene rings is 2. The molecule has 28 heavy (non-hydrogen) atoms. The summed E-state index contributed by atoms with van der Waals surface area (Å²) < 4.78 is 27.8. The lowest BCUT2D eigenvalue weighted by Crippen LogP contribution is -2.19. The Morgan fingerprint density at radius 2 is 1.25 bits per heavy atom. The minimum atomic E-state index is -1.73. The largest absolute Gasteiger partial charge is 0.477 e. The van der Waals surface area contributed by atoms with Gasteiger partial charge >= 0.3 is 5.97 Å². The van der Waals surface area contributed by atoms with Crippen LogP contribution < -0.4 is 5.32 Å². The van der Waals surface area contributed by atoms with Crippen molar-refractivity contribution >= 4 is 17.6 Å². The summed E-state index contributed by atoms with van der Waals surface area (Å²) in [7, 11) is 0. The monoisotopic (exact) mass is 389 g/mol. The van der Waals surface area contributed by atoms with E-state index in [1.165, 1.54) is 0 Å². The molecule has 0 saturated carbocycles. The highest BCUT2D eigenvalue weighted by Gasteiger charge is 2.23. The molecule has 2 aromatic rings. The Labute approximate surface area is 163 Å². The number of hydrogen-bond donors (Lipinski definition) is 2. The van der Waals surface area contributed by atoms with E-state index in [0.717, 1.165) is 23.3 Å². The van der Waals surface area contributed by atoms with Crippen molar-refractivity contribution in [3.63, 3.8) is 0 Å². The summed E-state index contributed by atoms with van der Waals surface area (Å²) in [5.41, 5.74) is 0.817. The zero-order valence-electron chi connectivity index (χ0n) is 16.9. The van der Waals surface area contributed by atoms with E-state index < -0.39 is 29.1 Å². The van der Waals surface area contributed by atoms with Gasteiger partial charge in [-0.2, -0.15) is 0 Å². The number of carbonyl (C=O) groups excluding carboxylic acids is 1. The van der Waals surface area contributed by atoms with Gasteiger partial charge in [0.05, 0.1) is 0 Å². The second-order valence-corrected chi connectivity index (χ2v) is 8.87. The number of carbonyl (C=O) groups is 2. The SMILES string of the molecule is CC(C)(C)c1cc(NC(=O)c2cc(F)c(C(=O)O)c(F)c2)cc(C(C)(C)C)c1. The molecule has 0 aliphatic carbocycles. The van der Waals surface area contributed by atoms with Crippen LogP contribution in [0.25, 0.3) is 0 Å². The second-order valence-electron chi connectivity index (χ2n) is 8.87. The molecule has 0 atom stereocenters. The van der Waals surface area contributed by atoms with Crippen LogP contribution in [0.4, 0.5) is 14.5 Å². The Kier molecular flexibility index (Phi) is 5.64. The molecule has 0 spiro atoms. The summed E-state index contributed by atoms with van der Waals surface area (Å²) in [6.07, 6.45) is 0. The van der Waals surface area contributed by atoms with Crippen LogP contribution in [0.1, 0.15) is 73.4 Å². The fourth-order valence-corrected chi connectivity index (χ4v) is 2.68. The van der Waals surface area contributed by atoms with Crippen LogP contribution >= 0.6 is 0 Å². The quantitative estimate of drug-likeness (QED) is 0.727. The van der Waals surface area contributed by atoms with Crippen LogP contribution in [0.2, 0.25) is 0 Å². The van der Waals surface area contributed by atoms with Crippen LogP contribution in [0.5, 0.6) is 0 Å². The predicted molar refractivity (Wildman–Crippen MR) is 105 cm³/mol. The molecule has 150 valence electrons. The third-order valence-corrected chi connectivity index (χ3v) is 4.44. The van der Waals surface area contributed by atoms with Crippen LogP contribution in [0.15, 0.2) is 30.3 Å². The van der Waals surface area contributed by atoms with Crippen LogP contribution in [0, 0.1) is 11.6 Å². The fourth-order valence-electron chi connectivity index (χ4n) is 2.68. The summed E-state index contributed by atoms with van der Waals surface area (Å²) in [4.78, 5) is 23.4. The number of amides is 1. The number of aromatic carboxylic acids is 1. The first kappa shape index (κ1) is 21.5. The zero-order chi connectivity index (χ0) is 21.4. The highest BCUT2D eigenvalue weighted by molar-refractivity contribution is 6.05. The Balaban J connectivity index is 2.45. The van der Waals surface area contributed by atoms with Crippen LogP contribution in [-0.4, -0.2) is 17.0 Å². The molecule has 1 amide bonds. The van der Waals surface area contributed by atoms with Gasteiger partial charge in [-0.05, 0) is 46.2 Å². The lowest BCUT2D eigenvalue weighted by molar-refractivity contribution is 0.0685. The Hall–Kier alpha value is -2.76. The maximum absolute atomic E-state index is 13.9. The van der Waals surface area contributed by atoms with Gasteiger partial charge in [0.25, 0.3) is 5.91 Å². The summed E-state index contributed by atoms with van der Waals surface area (Å²) in [6, 6.07) is 7.17. The van der Waals surface area contributed by atoms with Crippen molar-refractivity contribution < 1.29 is 23.5 Å². The molecular weight excluding hydrogens is 364 g/mol. The Morgan fingerprint density at radius 3 is 1.61 bits per heavy atom. The van der Waals surface area contributed by atoms with E-state index in [4.69, 9.17) is 5.11 Å². The highest BCUT2D eigenvalue weighted by atomic mass is 19.1. The maximum atomic E-state index is 13.9. The fraction of sp³-hybridized carbons (Fsp3) is 0.364. The van der Waals surface area contributed by atoms with Crippen molar-refractivity contribution in [1.29, 1.82) is 0 Å². The molecule has 0 radical (unpaired) electrons. The third kappa shape index (κ3) is 4.74. The van der Waals surface area contributed by atoms with Crippen molar-refractivity contribution in [3.05, 3.63) is 64.2 Å². The number of carboxylic acid groups (broad SMARTS) is 1. The van der Waals surface area contributed by atoms with E-state index in [1.807, 2.05) is 12.1 Å². The molecule has 0 bridgehead atoms. The van der Waals surface area contributed by atoms with Crippen LogP contribution in [0.3, 0.4) is 0 Å². The summed E-state index contributed by atoms with van der Waals surface area (Å²) in [6.45, 7) is 12.3. The summed E-state index contributed by atoms with van der Waals surface area (Å²) in [5, 5.41) is 11.5. The highest BCUT2D eigenvalue weighted by Crippen LogP contribution is 2.32. The van der Waals surface area contributed by atoms with E-state index in [9.17, 15) is 18.4 Å². The maximum Gasteiger partial charge on any atom is 0.341 e. The predicted octanol–water partition coefficient (Wildman–Crippen LogP) is 5.51. The normalized spacial score (nSPS) is 12.0. The number of rotatable bonds is 3. The first-order valence-corrected chi connectivity index (χ1v) is 8.90. The van der Waals surface area contributed by atoms with Crippen molar-refractivity contribution in [2.45, 2.75) is 52.4 Å². The van der Waals surface area contributed by atoms with Gasteiger partial charge in [0.15, 0.2) is 0 Å². The van der Waals surface area contributed by atoms with E-state index in [-0.39, 0.29) is 16.4 Å². The van der Waals surface area contributed by atoms with Crippen molar-refractivity contribution in [2.75, 3.05) is 5.32 Å².